The number of hydrogen-bond acceptors (Lipinski definition) is 3. The number of aryl methyl sites for hydroxylation is 2. The Morgan fingerprint density at radius 3 is 2.23 bits per heavy atom. The minimum Gasteiger partial charge on any atom is -0.493 e. The molecule has 0 amide bonds. The summed E-state index contributed by atoms with van der Waals surface area (Å²) in [7, 11) is 5.04. The smallest absolute Gasteiger partial charge is 0.191 e. The molecule has 0 aliphatic heterocycles. The first-order valence-corrected chi connectivity index (χ1v) is 8.29. The molecule has 0 aromatic heterocycles. The first-order valence-electron chi connectivity index (χ1n) is 8.29. The van der Waals surface area contributed by atoms with Crippen molar-refractivity contribution in [2.24, 2.45) is 4.99 Å². The zero-order valence-electron chi connectivity index (χ0n) is 16.1. The van der Waals surface area contributed by atoms with Crippen LogP contribution < -0.4 is 20.1 Å². The summed E-state index contributed by atoms with van der Waals surface area (Å²) in [5.41, 5.74) is 4.91. The van der Waals surface area contributed by atoms with Crippen LogP contribution >= 0.6 is 24.0 Å². The van der Waals surface area contributed by atoms with Gasteiger partial charge in [-0.05, 0) is 42.7 Å². The molecule has 0 saturated carbocycles. The molecule has 26 heavy (non-hydrogen) atoms. The van der Waals surface area contributed by atoms with Crippen molar-refractivity contribution in [1.29, 1.82) is 0 Å². The maximum Gasteiger partial charge on any atom is 0.191 e. The van der Waals surface area contributed by atoms with E-state index < -0.39 is 0 Å². The fourth-order valence-corrected chi connectivity index (χ4v) is 2.62. The lowest BCUT2D eigenvalue weighted by molar-refractivity contribution is 0.354. The first-order chi connectivity index (χ1) is 12.1. The molecule has 6 heteroatoms. The summed E-state index contributed by atoms with van der Waals surface area (Å²) in [6, 6.07) is 12.3. The Morgan fingerprint density at radius 2 is 1.62 bits per heavy atom. The maximum absolute atomic E-state index is 5.34. The van der Waals surface area contributed by atoms with E-state index in [1.165, 1.54) is 16.7 Å². The third-order valence-corrected chi connectivity index (χ3v) is 4.08. The lowest BCUT2D eigenvalue weighted by Gasteiger charge is -2.14. The second kappa shape index (κ2) is 10.9. The van der Waals surface area contributed by atoms with Crippen LogP contribution in [0.15, 0.2) is 41.4 Å². The molecule has 0 aliphatic rings. The van der Waals surface area contributed by atoms with Crippen LogP contribution in [0.1, 0.15) is 22.3 Å². The SMILES string of the molecule is CN=C(NCc1ccc(OC)c(OC)c1)NCc1ccc(C)cc1C.I. The normalized spacial score (nSPS) is 10.7. The average molecular weight is 469 g/mol. The lowest BCUT2D eigenvalue weighted by atomic mass is 10.1. The number of rotatable bonds is 6. The molecule has 2 aromatic rings. The number of ether oxygens (including phenoxy) is 2. The minimum absolute atomic E-state index is 0. The highest BCUT2D eigenvalue weighted by atomic mass is 127. The quantitative estimate of drug-likeness (QED) is 0.384. The molecule has 0 spiro atoms. The van der Waals surface area contributed by atoms with E-state index in [-0.39, 0.29) is 24.0 Å². The molecule has 0 heterocycles. The molecular weight excluding hydrogens is 441 g/mol. The van der Waals surface area contributed by atoms with E-state index in [9.17, 15) is 0 Å². The van der Waals surface area contributed by atoms with Gasteiger partial charge in [0.1, 0.15) is 0 Å². The van der Waals surface area contributed by atoms with E-state index in [1.54, 1.807) is 21.3 Å². The van der Waals surface area contributed by atoms with Crippen molar-refractivity contribution in [3.05, 3.63) is 58.7 Å². The summed E-state index contributed by atoms with van der Waals surface area (Å²) in [6.07, 6.45) is 0. The van der Waals surface area contributed by atoms with Gasteiger partial charge in [-0.15, -0.1) is 24.0 Å². The number of guanidine groups is 1. The highest BCUT2D eigenvalue weighted by Gasteiger charge is 2.06. The van der Waals surface area contributed by atoms with E-state index in [4.69, 9.17) is 9.47 Å². The zero-order chi connectivity index (χ0) is 18.2. The average Bonchev–Trinajstić information content (AvgIpc) is 2.62. The first kappa shape index (κ1) is 22.1. The van der Waals surface area contributed by atoms with Gasteiger partial charge in [0.25, 0.3) is 0 Å². The van der Waals surface area contributed by atoms with Crippen molar-refractivity contribution >= 4 is 29.9 Å². The minimum atomic E-state index is 0. The molecule has 0 fully saturated rings. The predicted octanol–water partition coefficient (Wildman–Crippen LogP) is 3.80. The van der Waals surface area contributed by atoms with E-state index in [2.05, 4.69) is 47.7 Å². The van der Waals surface area contributed by atoms with Gasteiger partial charge in [-0.3, -0.25) is 4.99 Å². The molecule has 5 nitrogen and oxygen atoms in total. The number of nitrogens with zero attached hydrogens (tertiary/aromatic N) is 1. The summed E-state index contributed by atoms with van der Waals surface area (Å²) >= 11 is 0. The molecule has 2 rings (SSSR count). The van der Waals surface area contributed by atoms with Crippen LogP contribution in [0.25, 0.3) is 0 Å². The molecule has 0 bridgehead atoms. The van der Waals surface area contributed by atoms with Crippen molar-refractivity contribution in [2.45, 2.75) is 26.9 Å². The largest absolute Gasteiger partial charge is 0.493 e. The van der Waals surface area contributed by atoms with Gasteiger partial charge in [0.15, 0.2) is 17.5 Å². The number of aliphatic imine (C=N–C) groups is 1. The van der Waals surface area contributed by atoms with Crippen LogP contribution in [-0.4, -0.2) is 27.2 Å². The topological polar surface area (TPSA) is 54.9 Å². The number of benzene rings is 2. The van der Waals surface area contributed by atoms with E-state index in [0.717, 1.165) is 29.6 Å². The summed E-state index contributed by atoms with van der Waals surface area (Å²) in [6.45, 7) is 5.61. The van der Waals surface area contributed by atoms with E-state index >= 15 is 0 Å². The van der Waals surface area contributed by atoms with Gasteiger partial charge in [0.05, 0.1) is 14.2 Å². The Bertz CT molecular complexity index is 748. The molecule has 0 radical (unpaired) electrons. The standard InChI is InChI=1S/C20H27N3O2.HI/c1-14-6-8-17(15(2)10-14)13-23-20(21-3)22-12-16-7-9-18(24-4)19(11-16)25-5;/h6-11H,12-13H2,1-5H3,(H2,21,22,23);1H. The molecule has 2 aromatic carbocycles. The zero-order valence-corrected chi connectivity index (χ0v) is 18.4. The number of halogens is 1. The van der Waals surface area contributed by atoms with Gasteiger partial charge in [-0.2, -0.15) is 0 Å². The monoisotopic (exact) mass is 469 g/mol. The molecular formula is C20H28IN3O2. The van der Waals surface area contributed by atoms with Crippen molar-refractivity contribution in [3.63, 3.8) is 0 Å². The summed E-state index contributed by atoms with van der Waals surface area (Å²) < 4.78 is 10.6. The Hall–Kier alpha value is -1.96. The molecule has 2 N–H and O–H groups in total. The number of hydrogen-bond donors (Lipinski definition) is 2. The second-order valence-corrected chi connectivity index (χ2v) is 5.90. The van der Waals surface area contributed by atoms with Crippen LogP contribution in [0.2, 0.25) is 0 Å². The van der Waals surface area contributed by atoms with Crippen LogP contribution in [-0.2, 0) is 13.1 Å². The number of methoxy groups -OCH3 is 2. The van der Waals surface area contributed by atoms with Crippen LogP contribution in [0.3, 0.4) is 0 Å². The van der Waals surface area contributed by atoms with E-state index in [0.29, 0.717) is 6.54 Å². The van der Waals surface area contributed by atoms with Crippen LogP contribution in [0.5, 0.6) is 11.5 Å². The van der Waals surface area contributed by atoms with Gasteiger partial charge in [0, 0.05) is 20.1 Å². The van der Waals surface area contributed by atoms with Gasteiger partial charge in [0.2, 0.25) is 0 Å². The Balaban J connectivity index is 0.00000338. The van der Waals surface area contributed by atoms with E-state index in [1.807, 2.05) is 18.2 Å². The summed E-state index contributed by atoms with van der Waals surface area (Å²) in [5.74, 6) is 2.21. The Labute approximate surface area is 173 Å². The Morgan fingerprint density at radius 1 is 0.923 bits per heavy atom. The third kappa shape index (κ3) is 6.09. The summed E-state index contributed by atoms with van der Waals surface area (Å²) in [4.78, 5) is 4.28. The Kier molecular flexibility index (Phi) is 9.26. The fraction of sp³-hybridized carbons (Fsp3) is 0.350. The highest BCUT2D eigenvalue weighted by Crippen LogP contribution is 2.27. The van der Waals surface area contributed by atoms with Gasteiger partial charge >= 0.3 is 0 Å². The maximum atomic E-state index is 5.34. The molecule has 0 atom stereocenters. The van der Waals surface area contributed by atoms with Crippen molar-refractivity contribution in [2.75, 3.05) is 21.3 Å². The second-order valence-electron chi connectivity index (χ2n) is 5.90. The van der Waals surface area contributed by atoms with Crippen molar-refractivity contribution in [3.8, 4) is 11.5 Å². The highest BCUT2D eigenvalue weighted by molar-refractivity contribution is 14.0. The molecule has 142 valence electrons. The van der Waals surface area contributed by atoms with Gasteiger partial charge < -0.3 is 20.1 Å². The van der Waals surface area contributed by atoms with Crippen LogP contribution in [0, 0.1) is 13.8 Å². The summed E-state index contributed by atoms with van der Waals surface area (Å²) in [5, 5.41) is 6.67. The number of nitrogens with one attached hydrogen (secondary N) is 2. The van der Waals surface area contributed by atoms with Gasteiger partial charge in [-0.1, -0.05) is 29.8 Å². The lowest BCUT2D eigenvalue weighted by Crippen LogP contribution is -2.36. The van der Waals surface area contributed by atoms with Crippen molar-refractivity contribution < 1.29 is 9.47 Å². The molecule has 0 aliphatic carbocycles. The molecule has 0 saturated heterocycles. The van der Waals surface area contributed by atoms with Crippen LogP contribution in [0.4, 0.5) is 0 Å². The fourth-order valence-electron chi connectivity index (χ4n) is 2.62. The predicted molar refractivity (Wildman–Crippen MR) is 118 cm³/mol. The van der Waals surface area contributed by atoms with Crippen molar-refractivity contribution in [1.82, 2.24) is 10.6 Å². The third-order valence-electron chi connectivity index (χ3n) is 4.08. The molecule has 0 unspecified atom stereocenters. The van der Waals surface area contributed by atoms with Gasteiger partial charge in [-0.25, -0.2) is 0 Å².